The van der Waals surface area contributed by atoms with Crippen molar-refractivity contribution >= 4 is 89.0 Å². The lowest BCUT2D eigenvalue weighted by molar-refractivity contribution is 1.12. The first kappa shape index (κ1) is 24.8. The van der Waals surface area contributed by atoms with E-state index in [2.05, 4.69) is 165 Å². The lowest BCUT2D eigenvalue weighted by Gasteiger charge is -2.27. The van der Waals surface area contributed by atoms with Crippen molar-refractivity contribution < 1.29 is 0 Å². The van der Waals surface area contributed by atoms with Crippen LogP contribution in [0, 0.1) is 0 Å². The maximum absolute atomic E-state index is 5.57. The Morgan fingerprint density at radius 2 is 1.12 bits per heavy atom. The second kappa shape index (κ2) is 8.72. The first-order chi connectivity index (χ1) is 23.9. The highest BCUT2D eigenvalue weighted by Crippen LogP contribution is 2.42. The van der Waals surface area contributed by atoms with E-state index in [1.807, 2.05) is 0 Å². The predicted molar refractivity (Wildman–Crippen MR) is 201 cm³/mol. The van der Waals surface area contributed by atoms with Gasteiger partial charge in [0.15, 0.2) is 0 Å². The summed E-state index contributed by atoms with van der Waals surface area (Å²) in [5, 5.41) is 5.06. The SMILES string of the molecule is c1ccc(-c2ccccc2B2c3ccccc3-n3c4c2cccc4n2c4ccc5c(c6cccc7c8ccccc8n5c76)c4nc32)cc1. The van der Waals surface area contributed by atoms with E-state index in [1.54, 1.807) is 0 Å². The highest BCUT2D eigenvalue weighted by Gasteiger charge is 2.36. The summed E-state index contributed by atoms with van der Waals surface area (Å²) >= 11 is 0. The molecule has 0 fully saturated rings. The van der Waals surface area contributed by atoms with Crippen molar-refractivity contribution in [3.05, 3.63) is 152 Å². The molecular formula is C43H25BN4. The normalized spacial score (nSPS) is 13.0. The van der Waals surface area contributed by atoms with Gasteiger partial charge in [-0.3, -0.25) is 8.97 Å². The van der Waals surface area contributed by atoms with Gasteiger partial charge in [0, 0.05) is 27.2 Å². The molecule has 4 nitrogen and oxygen atoms in total. The maximum Gasteiger partial charge on any atom is 0.247 e. The summed E-state index contributed by atoms with van der Waals surface area (Å²) < 4.78 is 7.25. The summed E-state index contributed by atoms with van der Waals surface area (Å²) in [6.07, 6.45) is 0. The zero-order valence-corrected chi connectivity index (χ0v) is 25.8. The summed E-state index contributed by atoms with van der Waals surface area (Å²) in [4.78, 5) is 5.57. The molecule has 1 aliphatic rings. The molecule has 220 valence electrons. The first-order valence-corrected chi connectivity index (χ1v) is 16.6. The number of para-hydroxylation sites is 4. The molecular weight excluding hydrogens is 583 g/mol. The van der Waals surface area contributed by atoms with Crippen molar-refractivity contribution in [3.63, 3.8) is 0 Å². The Kier molecular flexibility index (Phi) is 4.52. The molecule has 48 heavy (non-hydrogen) atoms. The van der Waals surface area contributed by atoms with E-state index in [4.69, 9.17) is 4.98 Å². The molecule has 11 aromatic rings. The highest BCUT2D eigenvalue weighted by atomic mass is 15.2. The summed E-state index contributed by atoms with van der Waals surface area (Å²) in [5.74, 6) is 0.955. The van der Waals surface area contributed by atoms with Gasteiger partial charge in [-0.1, -0.05) is 127 Å². The molecule has 0 unspecified atom stereocenters. The third-order valence-corrected chi connectivity index (χ3v) is 10.9. The molecule has 1 aliphatic heterocycles. The number of hydrogen-bond donors (Lipinski definition) is 0. The van der Waals surface area contributed by atoms with Gasteiger partial charge in [-0.15, -0.1) is 0 Å². The second-order valence-corrected chi connectivity index (χ2v) is 13.1. The Balaban J connectivity index is 1.21. The van der Waals surface area contributed by atoms with Crippen LogP contribution < -0.4 is 16.4 Å². The van der Waals surface area contributed by atoms with Crippen molar-refractivity contribution in [1.82, 2.24) is 18.4 Å². The van der Waals surface area contributed by atoms with E-state index in [0.29, 0.717) is 0 Å². The summed E-state index contributed by atoms with van der Waals surface area (Å²) in [6.45, 7) is 0.0840. The number of imidazole rings is 2. The number of nitrogens with zero attached hydrogens (tertiary/aromatic N) is 4. The van der Waals surface area contributed by atoms with Gasteiger partial charge >= 0.3 is 0 Å². The van der Waals surface area contributed by atoms with Crippen LogP contribution in [-0.4, -0.2) is 25.1 Å². The fraction of sp³-hybridized carbons (Fsp3) is 0. The van der Waals surface area contributed by atoms with Gasteiger partial charge < -0.3 is 4.40 Å². The predicted octanol–water partition coefficient (Wildman–Crippen LogP) is 8.08. The fourth-order valence-corrected chi connectivity index (χ4v) is 9.03. The van der Waals surface area contributed by atoms with Gasteiger partial charge in [-0.25, -0.2) is 4.98 Å². The van der Waals surface area contributed by atoms with Gasteiger partial charge in [0.1, 0.15) is 5.52 Å². The van der Waals surface area contributed by atoms with E-state index in [0.717, 1.165) is 16.8 Å². The molecule has 4 aromatic heterocycles. The first-order valence-electron chi connectivity index (χ1n) is 16.6. The summed E-state index contributed by atoms with van der Waals surface area (Å²) in [6, 6.07) is 55.5. The number of hydrogen-bond acceptors (Lipinski definition) is 1. The molecule has 12 rings (SSSR count). The molecule has 5 heteroatoms. The molecule has 0 amide bonds. The zero-order chi connectivity index (χ0) is 31.1. The third-order valence-electron chi connectivity index (χ3n) is 10.9. The minimum Gasteiger partial charge on any atom is -0.308 e. The van der Waals surface area contributed by atoms with Crippen molar-refractivity contribution in [1.29, 1.82) is 0 Å². The molecule has 0 atom stereocenters. The van der Waals surface area contributed by atoms with Gasteiger partial charge in [-0.2, -0.15) is 0 Å². The van der Waals surface area contributed by atoms with Crippen LogP contribution in [0.25, 0.3) is 82.8 Å². The van der Waals surface area contributed by atoms with Gasteiger partial charge in [0.2, 0.25) is 12.5 Å². The van der Waals surface area contributed by atoms with Crippen LogP contribution in [0.1, 0.15) is 0 Å². The van der Waals surface area contributed by atoms with Crippen LogP contribution in [0.4, 0.5) is 0 Å². The summed E-state index contributed by atoms with van der Waals surface area (Å²) in [7, 11) is 0. The molecule has 0 saturated carbocycles. The van der Waals surface area contributed by atoms with E-state index in [1.165, 1.54) is 82.3 Å². The highest BCUT2D eigenvalue weighted by molar-refractivity contribution is 6.98. The zero-order valence-electron chi connectivity index (χ0n) is 25.8. The van der Waals surface area contributed by atoms with Crippen LogP contribution in [0.5, 0.6) is 0 Å². The average molecular weight is 609 g/mol. The van der Waals surface area contributed by atoms with E-state index < -0.39 is 0 Å². The molecule has 0 bridgehead atoms. The number of rotatable bonds is 2. The molecule has 0 spiro atoms. The van der Waals surface area contributed by atoms with E-state index in [9.17, 15) is 0 Å². The molecule has 0 N–H and O–H groups in total. The Morgan fingerprint density at radius 3 is 2.06 bits per heavy atom. The molecule has 0 radical (unpaired) electrons. The lowest BCUT2D eigenvalue weighted by Crippen LogP contribution is -2.56. The van der Waals surface area contributed by atoms with Crippen molar-refractivity contribution in [2.45, 2.75) is 0 Å². The molecule has 0 saturated heterocycles. The van der Waals surface area contributed by atoms with Crippen molar-refractivity contribution in [2.24, 2.45) is 0 Å². The quantitative estimate of drug-likeness (QED) is 0.182. The third kappa shape index (κ3) is 2.87. The van der Waals surface area contributed by atoms with Crippen LogP contribution in [0.2, 0.25) is 0 Å². The maximum atomic E-state index is 5.57. The van der Waals surface area contributed by atoms with Crippen molar-refractivity contribution in [3.8, 4) is 16.8 Å². The Hall–Kier alpha value is -6.33. The van der Waals surface area contributed by atoms with Crippen molar-refractivity contribution in [2.75, 3.05) is 0 Å². The molecule has 5 heterocycles. The molecule has 0 aliphatic carbocycles. The second-order valence-electron chi connectivity index (χ2n) is 13.1. The Morgan fingerprint density at radius 1 is 0.438 bits per heavy atom. The average Bonchev–Trinajstić information content (AvgIpc) is 3.88. The Bertz CT molecular complexity index is 3130. The standard InChI is InChI=1S/C43H25BN4/c1-2-12-26(13-3-1)27-14-4-6-18-31(27)44-32-19-7-9-22-35(32)48-42-33(44)20-11-23-38(42)47-37-25-24-36-39(40(37)45-43(47)48)30-17-10-16-29-28-15-5-8-21-34(28)46(36)41(29)30/h1-25H. The van der Waals surface area contributed by atoms with Crippen LogP contribution >= 0.6 is 0 Å². The summed E-state index contributed by atoms with van der Waals surface area (Å²) in [5.41, 5.74) is 15.9. The van der Waals surface area contributed by atoms with E-state index >= 15 is 0 Å². The molecule has 7 aromatic carbocycles. The lowest BCUT2D eigenvalue weighted by atomic mass is 9.34. The smallest absolute Gasteiger partial charge is 0.247 e. The van der Waals surface area contributed by atoms with Gasteiger partial charge in [0.25, 0.3) is 0 Å². The fourth-order valence-electron chi connectivity index (χ4n) is 9.03. The number of benzene rings is 7. The van der Waals surface area contributed by atoms with Crippen LogP contribution in [0.15, 0.2) is 152 Å². The van der Waals surface area contributed by atoms with Crippen LogP contribution in [-0.2, 0) is 0 Å². The van der Waals surface area contributed by atoms with Gasteiger partial charge in [-0.05, 0) is 52.4 Å². The van der Waals surface area contributed by atoms with Gasteiger partial charge in [0.05, 0.1) is 33.1 Å². The monoisotopic (exact) mass is 608 g/mol. The van der Waals surface area contributed by atoms with Crippen LogP contribution in [0.3, 0.4) is 0 Å². The number of fused-ring (bicyclic) bond motifs is 14. The number of aromatic nitrogens is 4. The minimum absolute atomic E-state index is 0.0840. The largest absolute Gasteiger partial charge is 0.308 e. The minimum atomic E-state index is 0.0840. The van der Waals surface area contributed by atoms with E-state index in [-0.39, 0.29) is 6.71 Å². The topological polar surface area (TPSA) is 26.6 Å². The Labute approximate surface area is 275 Å².